The highest BCUT2D eigenvalue weighted by molar-refractivity contribution is 9.10. The molecular weight excluding hydrogens is 646 g/mol. The Balaban J connectivity index is 0.976. The summed E-state index contributed by atoms with van der Waals surface area (Å²) >= 11 is 3.45. The number of nitrogens with one attached hydrogen (secondary N) is 2. The zero-order valence-electron chi connectivity index (χ0n) is 26.5. The second kappa shape index (κ2) is 12.6. The Morgan fingerprint density at radius 3 is 2.59 bits per heavy atom. The molecule has 4 heterocycles. The molecule has 46 heavy (non-hydrogen) atoms. The van der Waals surface area contributed by atoms with E-state index in [1.54, 1.807) is 13.2 Å². The van der Waals surface area contributed by atoms with Crippen LogP contribution in [0.25, 0.3) is 0 Å². The number of halogens is 1. The van der Waals surface area contributed by atoms with Gasteiger partial charge >= 0.3 is 0 Å². The van der Waals surface area contributed by atoms with E-state index in [9.17, 15) is 14.4 Å². The molecule has 2 N–H and O–H groups in total. The van der Waals surface area contributed by atoms with Crippen molar-refractivity contribution in [3.05, 3.63) is 86.2 Å². The number of benzene rings is 2. The highest BCUT2D eigenvalue weighted by Crippen LogP contribution is 2.46. The average molecular weight is 689 g/mol. The van der Waals surface area contributed by atoms with E-state index in [2.05, 4.69) is 89.8 Å². The van der Waals surface area contributed by atoms with Crippen molar-refractivity contribution in [1.29, 1.82) is 0 Å². The minimum atomic E-state index is -0.258. The first kappa shape index (κ1) is 31.1. The van der Waals surface area contributed by atoms with Gasteiger partial charge in [-0.25, -0.2) is 4.68 Å². The summed E-state index contributed by atoms with van der Waals surface area (Å²) in [7, 11) is 3.81. The molecule has 4 aliphatic rings. The molecule has 1 saturated carbocycles. The van der Waals surface area contributed by atoms with E-state index in [1.165, 1.54) is 34.3 Å². The van der Waals surface area contributed by atoms with E-state index < -0.39 is 0 Å². The minimum Gasteiger partial charge on any atom is -0.379 e. The predicted octanol–water partition coefficient (Wildman–Crippen LogP) is 3.82. The van der Waals surface area contributed by atoms with Crippen LogP contribution in [0.5, 0.6) is 0 Å². The van der Waals surface area contributed by atoms with Crippen LogP contribution in [0.4, 0.5) is 11.4 Å². The first-order valence-corrected chi connectivity index (χ1v) is 17.2. The topological polar surface area (TPSA) is 103 Å². The number of anilines is 2. The van der Waals surface area contributed by atoms with Gasteiger partial charge in [-0.1, -0.05) is 36.4 Å². The zero-order chi connectivity index (χ0) is 32.0. The van der Waals surface area contributed by atoms with Crippen LogP contribution in [0.15, 0.2) is 64.0 Å². The number of nitrogens with zero attached hydrogens (tertiary/aromatic N) is 5. The van der Waals surface area contributed by atoms with E-state index >= 15 is 0 Å². The molecule has 2 aromatic carbocycles. The number of carbonyl (C=O) groups excluding carboxylic acids is 2. The van der Waals surface area contributed by atoms with Crippen LogP contribution in [-0.4, -0.2) is 82.7 Å². The fourth-order valence-electron chi connectivity index (χ4n) is 7.66. The Bertz CT molecular complexity index is 1690. The predicted molar refractivity (Wildman–Crippen MR) is 182 cm³/mol. The number of rotatable bonds is 7. The van der Waals surface area contributed by atoms with Crippen molar-refractivity contribution >= 4 is 39.1 Å². The summed E-state index contributed by atoms with van der Waals surface area (Å²) in [6.45, 7) is 5.79. The van der Waals surface area contributed by atoms with Gasteiger partial charge in [-0.15, -0.1) is 0 Å². The maximum Gasteiger partial charge on any atom is 0.282 e. The molecule has 3 aliphatic heterocycles. The summed E-state index contributed by atoms with van der Waals surface area (Å²) in [6, 6.07) is 17.8. The molecule has 3 unspecified atom stereocenters. The van der Waals surface area contributed by atoms with Gasteiger partial charge in [-0.2, -0.15) is 5.10 Å². The fraction of sp³-hybridized carbons (Fsp3) is 0.486. The SMILES string of the molecule is CN1CC(Nc2cnn(C)c(=O)c2Br)CC(c2ccc(CN3CCN(c4cccc(C5CCC(=O)NC5=O)c4)CC34CC4)cc2)C1. The smallest absolute Gasteiger partial charge is 0.282 e. The molecule has 2 amide bonds. The van der Waals surface area contributed by atoms with E-state index in [1.807, 2.05) is 12.1 Å². The van der Waals surface area contributed by atoms with E-state index in [0.29, 0.717) is 23.2 Å². The summed E-state index contributed by atoms with van der Waals surface area (Å²) in [5, 5.41) is 10.3. The third-order valence-electron chi connectivity index (χ3n) is 10.4. The van der Waals surface area contributed by atoms with Crippen molar-refractivity contribution < 1.29 is 9.59 Å². The number of likely N-dealkylation sites (tertiary alicyclic amines) is 1. The zero-order valence-corrected chi connectivity index (χ0v) is 28.1. The maximum absolute atomic E-state index is 12.5. The molecule has 242 valence electrons. The van der Waals surface area contributed by atoms with Gasteiger partial charge in [-0.05, 0) is 83.4 Å². The monoisotopic (exact) mass is 687 g/mol. The van der Waals surface area contributed by atoms with Gasteiger partial charge in [0.25, 0.3) is 5.56 Å². The number of amides is 2. The highest BCUT2D eigenvalue weighted by atomic mass is 79.9. The normalized spacial score (nSPS) is 25.0. The fourth-order valence-corrected chi connectivity index (χ4v) is 8.13. The summed E-state index contributed by atoms with van der Waals surface area (Å²) in [5.41, 5.74) is 5.66. The van der Waals surface area contributed by atoms with Gasteiger partial charge in [-0.3, -0.25) is 24.6 Å². The first-order valence-electron chi connectivity index (χ1n) is 16.4. The van der Waals surface area contributed by atoms with Crippen molar-refractivity contribution in [1.82, 2.24) is 24.9 Å². The van der Waals surface area contributed by atoms with E-state index in [-0.39, 0.29) is 34.9 Å². The number of piperidine rings is 2. The lowest BCUT2D eigenvalue weighted by molar-refractivity contribution is -0.134. The number of imide groups is 1. The molecule has 11 heteroatoms. The van der Waals surface area contributed by atoms with Gasteiger partial charge in [0.2, 0.25) is 11.8 Å². The number of hydrogen-bond donors (Lipinski definition) is 2. The summed E-state index contributed by atoms with van der Waals surface area (Å²) < 4.78 is 1.86. The van der Waals surface area contributed by atoms with Crippen molar-refractivity contribution in [2.24, 2.45) is 7.05 Å². The Morgan fingerprint density at radius 1 is 1.02 bits per heavy atom. The first-order chi connectivity index (χ1) is 22.2. The second-order valence-corrected chi connectivity index (χ2v) is 14.5. The molecular formula is C35H42BrN7O3. The van der Waals surface area contributed by atoms with E-state index in [0.717, 1.165) is 56.9 Å². The Kier molecular flexibility index (Phi) is 8.50. The van der Waals surface area contributed by atoms with Crippen LogP contribution in [0.2, 0.25) is 0 Å². The lowest BCUT2D eigenvalue weighted by atomic mass is 9.87. The largest absolute Gasteiger partial charge is 0.379 e. The van der Waals surface area contributed by atoms with Crippen LogP contribution >= 0.6 is 15.9 Å². The second-order valence-electron chi connectivity index (χ2n) is 13.7. The summed E-state index contributed by atoms with van der Waals surface area (Å²) in [5.74, 6) is -0.211. The maximum atomic E-state index is 12.5. The molecule has 1 spiro atoms. The lowest BCUT2D eigenvalue weighted by Crippen LogP contribution is -2.54. The molecule has 1 aromatic heterocycles. The minimum absolute atomic E-state index is 0.144. The molecule has 3 aromatic rings. The summed E-state index contributed by atoms with van der Waals surface area (Å²) in [6.07, 6.45) is 6.08. The number of hydrogen-bond acceptors (Lipinski definition) is 8. The van der Waals surface area contributed by atoms with Gasteiger partial charge in [0.1, 0.15) is 4.47 Å². The quantitative estimate of drug-likeness (QED) is 0.362. The average Bonchev–Trinajstić information content (AvgIpc) is 3.82. The number of carbonyl (C=O) groups is 2. The molecule has 4 fully saturated rings. The number of likely N-dealkylation sites (N-methyl/N-ethyl adjacent to an activating group) is 1. The molecule has 3 saturated heterocycles. The standard InChI is InChI=1S/C35H42BrN7O3/c1-40-20-26(16-27(21-40)38-30-18-37-41(2)34(46)32(30)36)24-8-6-23(7-9-24)19-43-15-14-42(22-35(43)12-13-35)28-5-3-4-25(17-28)29-10-11-31(44)39-33(29)45/h3-9,17-18,26-27,29,38H,10-16,19-22H2,1-2H3,(H,39,44,45). The van der Waals surface area contributed by atoms with Crippen LogP contribution < -0.4 is 21.1 Å². The summed E-state index contributed by atoms with van der Waals surface area (Å²) in [4.78, 5) is 44.0. The number of aromatic nitrogens is 2. The van der Waals surface area contributed by atoms with Crippen LogP contribution in [0.1, 0.15) is 60.6 Å². The van der Waals surface area contributed by atoms with Crippen molar-refractivity contribution in [3.63, 3.8) is 0 Å². The van der Waals surface area contributed by atoms with E-state index in [4.69, 9.17) is 0 Å². The van der Waals surface area contributed by atoms with Crippen LogP contribution in [0.3, 0.4) is 0 Å². The Hall–Kier alpha value is -3.54. The molecule has 7 rings (SSSR count). The lowest BCUT2D eigenvalue weighted by Gasteiger charge is -2.43. The number of aryl methyl sites for hydroxylation is 1. The molecule has 1 aliphatic carbocycles. The molecule has 3 atom stereocenters. The van der Waals surface area contributed by atoms with Crippen molar-refractivity contribution in [2.45, 2.75) is 62.1 Å². The van der Waals surface area contributed by atoms with Crippen LogP contribution in [-0.2, 0) is 23.2 Å². The van der Waals surface area contributed by atoms with Gasteiger partial charge in [0.15, 0.2) is 0 Å². The third kappa shape index (κ3) is 6.37. The molecule has 0 bridgehead atoms. The van der Waals surface area contributed by atoms with Crippen molar-refractivity contribution in [2.75, 3.05) is 50.0 Å². The van der Waals surface area contributed by atoms with Gasteiger partial charge in [0.05, 0.1) is 17.8 Å². The van der Waals surface area contributed by atoms with Crippen LogP contribution in [0, 0.1) is 0 Å². The highest BCUT2D eigenvalue weighted by Gasteiger charge is 2.51. The molecule has 0 radical (unpaired) electrons. The van der Waals surface area contributed by atoms with Gasteiger partial charge in [0, 0.05) is 70.0 Å². The van der Waals surface area contributed by atoms with Gasteiger partial charge < -0.3 is 15.1 Å². The number of piperazine rings is 1. The van der Waals surface area contributed by atoms with Crippen molar-refractivity contribution in [3.8, 4) is 0 Å². The Labute approximate surface area is 278 Å². The Morgan fingerprint density at radius 2 is 1.83 bits per heavy atom. The molecule has 10 nitrogen and oxygen atoms in total. The third-order valence-corrected chi connectivity index (χ3v) is 11.2.